The minimum Gasteiger partial charge on any atom is -0.479 e. The van der Waals surface area contributed by atoms with Crippen LogP contribution in [0.4, 0.5) is 5.69 Å². The van der Waals surface area contributed by atoms with Gasteiger partial charge < -0.3 is 14.8 Å². The molecule has 0 aliphatic carbocycles. The molecule has 0 radical (unpaired) electrons. The number of esters is 1. The van der Waals surface area contributed by atoms with E-state index in [1.807, 2.05) is 6.07 Å². The number of ether oxygens (including phenoxy) is 2. The summed E-state index contributed by atoms with van der Waals surface area (Å²) in [4.78, 5) is 23.5. The van der Waals surface area contributed by atoms with E-state index in [4.69, 9.17) is 9.47 Å². The lowest BCUT2D eigenvalue weighted by molar-refractivity contribution is -0.153. The Morgan fingerprint density at radius 2 is 1.74 bits per heavy atom. The molecule has 23 heavy (non-hydrogen) atoms. The van der Waals surface area contributed by atoms with Crippen LogP contribution in [0.3, 0.4) is 0 Å². The van der Waals surface area contributed by atoms with Crippen LogP contribution in [0.25, 0.3) is 0 Å². The Kier molecular flexibility index (Phi) is 6.17. The van der Waals surface area contributed by atoms with Crippen LogP contribution in [0.5, 0.6) is 5.75 Å². The zero-order chi connectivity index (χ0) is 16.7. The number of benzene rings is 2. The summed E-state index contributed by atoms with van der Waals surface area (Å²) < 4.78 is 11.3. The molecule has 120 valence electrons. The first kappa shape index (κ1) is 17.0. The molecule has 0 aromatic heterocycles. The van der Waals surface area contributed by atoms with Crippen LogP contribution in [0, 0.1) is 0 Å². The average molecular weight is 378 g/mol. The average Bonchev–Trinajstić information content (AvgIpc) is 2.55. The Hall–Kier alpha value is -2.34. The monoisotopic (exact) mass is 377 g/mol. The Labute approximate surface area is 142 Å². The van der Waals surface area contributed by atoms with Crippen molar-refractivity contribution in [3.05, 3.63) is 59.1 Å². The van der Waals surface area contributed by atoms with Crippen LogP contribution in [-0.2, 0) is 14.3 Å². The number of hydrogen-bond donors (Lipinski definition) is 1. The van der Waals surface area contributed by atoms with Gasteiger partial charge in [0, 0.05) is 10.2 Å². The lowest BCUT2D eigenvalue weighted by Gasteiger charge is -2.14. The van der Waals surface area contributed by atoms with E-state index in [-0.39, 0.29) is 6.61 Å². The molecule has 0 fully saturated rings. The number of nitrogens with one attached hydrogen (secondary N) is 1. The quantitative estimate of drug-likeness (QED) is 0.783. The minimum atomic E-state index is -0.805. The van der Waals surface area contributed by atoms with E-state index in [1.165, 1.54) is 0 Å². The maximum atomic E-state index is 11.8. The molecule has 0 aliphatic heterocycles. The van der Waals surface area contributed by atoms with E-state index in [0.29, 0.717) is 11.4 Å². The molecule has 2 aromatic rings. The van der Waals surface area contributed by atoms with E-state index < -0.39 is 18.0 Å². The second-order valence-corrected chi connectivity index (χ2v) is 5.65. The molecule has 0 unspecified atom stereocenters. The summed E-state index contributed by atoms with van der Waals surface area (Å²) in [5, 5.41) is 2.63. The van der Waals surface area contributed by atoms with E-state index in [0.717, 1.165) is 4.47 Å². The number of anilines is 1. The van der Waals surface area contributed by atoms with Crippen molar-refractivity contribution in [2.24, 2.45) is 0 Å². The maximum Gasteiger partial charge on any atom is 0.347 e. The van der Waals surface area contributed by atoms with Crippen molar-refractivity contribution in [1.29, 1.82) is 0 Å². The van der Waals surface area contributed by atoms with Crippen molar-refractivity contribution >= 4 is 33.5 Å². The van der Waals surface area contributed by atoms with Gasteiger partial charge in [-0.05, 0) is 43.3 Å². The van der Waals surface area contributed by atoms with Crippen molar-refractivity contribution in [2.75, 3.05) is 11.9 Å². The fraction of sp³-hybridized carbons (Fsp3) is 0.176. The second-order valence-electron chi connectivity index (χ2n) is 4.74. The predicted octanol–water partition coefficient (Wildman–Crippen LogP) is 3.40. The number of carbonyl (C=O) groups excluding carboxylic acids is 2. The molecule has 0 saturated carbocycles. The summed E-state index contributed by atoms with van der Waals surface area (Å²) in [7, 11) is 0. The van der Waals surface area contributed by atoms with Crippen LogP contribution < -0.4 is 10.1 Å². The molecule has 2 aromatic carbocycles. The molecule has 5 nitrogen and oxygen atoms in total. The minimum absolute atomic E-state index is 0.359. The lowest BCUT2D eigenvalue weighted by Crippen LogP contribution is -2.29. The van der Waals surface area contributed by atoms with Gasteiger partial charge in [0.05, 0.1) is 0 Å². The van der Waals surface area contributed by atoms with Gasteiger partial charge in [-0.15, -0.1) is 0 Å². The smallest absolute Gasteiger partial charge is 0.347 e. The largest absolute Gasteiger partial charge is 0.479 e. The van der Waals surface area contributed by atoms with Gasteiger partial charge in [-0.2, -0.15) is 0 Å². The van der Waals surface area contributed by atoms with Crippen LogP contribution in [0.1, 0.15) is 6.92 Å². The fourth-order valence-corrected chi connectivity index (χ4v) is 2.00. The molecule has 2 rings (SSSR count). The molecule has 0 spiro atoms. The van der Waals surface area contributed by atoms with E-state index in [2.05, 4.69) is 21.2 Å². The summed E-state index contributed by atoms with van der Waals surface area (Å²) in [5.74, 6) is -0.456. The molecule has 0 saturated heterocycles. The topological polar surface area (TPSA) is 64.6 Å². The molecule has 0 aliphatic rings. The van der Waals surface area contributed by atoms with Gasteiger partial charge >= 0.3 is 5.97 Å². The van der Waals surface area contributed by atoms with Gasteiger partial charge in [-0.3, -0.25) is 4.79 Å². The molecular formula is C17H16BrNO4. The third-order valence-electron chi connectivity index (χ3n) is 2.86. The van der Waals surface area contributed by atoms with Crippen molar-refractivity contribution in [3.8, 4) is 5.75 Å². The summed E-state index contributed by atoms with van der Waals surface area (Å²) in [5.41, 5.74) is 0.646. The zero-order valence-electron chi connectivity index (χ0n) is 12.5. The van der Waals surface area contributed by atoms with Crippen molar-refractivity contribution in [2.45, 2.75) is 13.0 Å². The van der Waals surface area contributed by atoms with Gasteiger partial charge in [0.25, 0.3) is 5.91 Å². The molecule has 1 N–H and O–H groups in total. The second kappa shape index (κ2) is 8.33. The van der Waals surface area contributed by atoms with Gasteiger partial charge in [0.15, 0.2) is 12.7 Å². The Morgan fingerprint density at radius 1 is 1.09 bits per heavy atom. The Balaban J connectivity index is 1.77. The number of hydrogen-bond acceptors (Lipinski definition) is 4. The van der Waals surface area contributed by atoms with Crippen molar-refractivity contribution in [3.63, 3.8) is 0 Å². The van der Waals surface area contributed by atoms with E-state index in [1.54, 1.807) is 55.5 Å². The maximum absolute atomic E-state index is 11.8. The van der Waals surface area contributed by atoms with E-state index in [9.17, 15) is 9.59 Å². The first-order chi connectivity index (χ1) is 11.0. The first-order valence-electron chi connectivity index (χ1n) is 6.98. The van der Waals surface area contributed by atoms with Crippen LogP contribution in [0.15, 0.2) is 59.1 Å². The summed E-state index contributed by atoms with van der Waals surface area (Å²) >= 11 is 3.32. The van der Waals surface area contributed by atoms with Crippen LogP contribution >= 0.6 is 15.9 Å². The van der Waals surface area contributed by atoms with Gasteiger partial charge in [0.1, 0.15) is 5.75 Å². The molecule has 1 atom stereocenters. The van der Waals surface area contributed by atoms with Crippen molar-refractivity contribution < 1.29 is 19.1 Å². The molecule has 1 amide bonds. The summed E-state index contributed by atoms with van der Waals surface area (Å²) in [6.45, 7) is 1.21. The van der Waals surface area contributed by atoms with Gasteiger partial charge in [-0.25, -0.2) is 4.79 Å². The number of rotatable bonds is 6. The van der Waals surface area contributed by atoms with Crippen LogP contribution in [0.2, 0.25) is 0 Å². The standard InChI is InChI=1S/C17H16BrNO4/c1-12(23-15-9-7-13(18)8-10-15)17(21)22-11-16(20)19-14-5-3-2-4-6-14/h2-10,12H,11H2,1H3,(H,19,20)/t12-/m1/s1. The van der Waals surface area contributed by atoms with Gasteiger partial charge in [-0.1, -0.05) is 34.1 Å². The number of carbonyl (C=O) groups is 2. The highest BCUT2D eigenvalue weighted by molar-refractivity contribution is 9.10. The first-order valence-corrected chi connectivity index (χ1v) is 7.77. The van der Waals surface area contributed by atoms with Gasteiger partial charge in [0.2, 0.25) is 0 Å². The molecule has 0 heterocycles. The highest BCUT2D eigenvalue weighted by Crippen LogP contribution is 2.17. The highest BCUT2D eigenvalue weighted by Gasteiger charge is 2.17. The zero-order valence-corrected chi connectivity index (χ0v) is 14.1. The SMILES string of the molecule is C[C@@H](Oc1ccc(Br)cc1)C(=O)OCC(=O)Nc1ccccc1. The number of halogens is 1. The summed E-state index contributed by atoms with van der Waals surface area (Å²) in [6.07, 6.45) is -0.805. The number of amides is 1. The van der Waals surface area contributed by atoms with Crippen molar-refractivity contribution in [1.82, 2.24) is 0 Å². The third-order valence-corrected chi connectivity index (χ3v) is 3.39. The Morgan fingerprint density at radius 3 is 2.39 bits per heavy atom. The molecule has 0 bridgehead atoms. The molecular weight excluding hydrogens is 362 g/mol. The normalized spacial score (nSPS) is 11.4. The fourth-order valence-electron chi connectivity index (χ4n) is 1.74. The van der Waals surface area contributed by atoms with E-state index >= 15 is 0 Å². The lowest BCUT2D eigenvalue weighted by atomic mass is 10.3. The number of para-hydroxylation sites is 1. The molecule has 6 heteroatoms. The Bertz CT molecular complexity index is 658. The van der Waals surface area contributed by atoms with Crippen LogP contribution in [-0.4, -0.2) is 24.6 Å². The highest BCUT2D eigenvalue weighted by atomic mass is 79.9. The third kappa shape index (κ3) is 5.75. The summed E-state index contributed by atoms with van der Waals surface area (Å²) in [6, 6.07) is 16.0. The predicted molar refractivity (Wildman–Crippen MR) is 90.3 cm³/mol.